The fourth-order valence-electron chi connectivity index (χ4n) is 1.71. The molecule has 6 nitrogen and oxygen atoms in total. The largest absolute Gasteiger partial charge is 0.532 e. The summed E-state index contributed by atoms with van der Waals surface area (Å²) in [5, 5.41) is 0. The van der Waals surface area contributed by atoms with E-state index in [0.717, 1.165) is 0 Å². The van der Waals surface area contributed by atoms with Crippen molar-refractivity contribution >= 4 is 91.2 Å². The molecule has 2 radical (unpaired) electrons. The molecule has 1 heterocycles. The van der Waals surface area contributed by atoms with E-state index in [2.05, 4.69) is 0 Å². The molecule has 1 aliphatic heterocycles. The Labute approximate surface area is 170 Å². The first-order chi connectivity index (χ1) is 10.7. The van der Waals surface area contributed by atoms with Crippen molar-refractivity contribution in [2.75, 3.05) is 13.2 Å². The number of hydrogen-bond acceptors (Lipinski definition) is 6. The van der Waals surface area contributed by atoms with Gasteiger partial charge in [-0.1, -0.05) is 76.5 Å². The Kier molecular flexibility index (Phi) is 8.83. The molecular weight excluding hydrogens is 471 g/mol. The van der Waals surface area contributed by atoms with Crippen LogP contribution in [-0.4, -0.2) is 46.7 Å². The summed E-state index contributed by atoms with van der Waals surface area (Å²) in [5.41, 5.74) is 0. The van der Waals surface area contributed by atoms with Gasteiger partial charge in [0, 0.05) is 6.00 Å². The van der Waals surface area contributed by atoms with Gasteiger partial charge >= 0.3 is 13.8 Å². The lowest BCUT2D eigenvalue weighted by atomic mass is 9.92. The molecule has 0 saturated carbocycles. The van der Waals surface area contributed by atoms with E-state index in [1.54, 1.807) is 6.92 Å². The zero-order valence-corrected chi connectivity index (χ0v) is 17.5. The van der Waals surface area contributed by atoms with Gasteiger partial charge in [0.05, 0.1) is 0 Å². The topological polar surface area (TPSA) is 71.1 Å². The van der Waals surface area contributed by atoms with Crippen molar-refractivity contribution in [3.8, 4) is 0 Å². The van der Waals surface area contributed by atoms with E-state index >= 15 is 0 Å². The van der Waals surface area contributed by atoms with Crippen LogP contribution in [0.2, 0.25) is 0 Å². The maximum Gasteiger partial charge on any atom is 0.532 e. The van der Waals surface area contributed by atoms with E-state index in [0.29, 0.717) is 6.42 Å². The summed E-state index contributed by atoms with van der Waals surface area (Å²) in [5.74, 6) is -1.30. The van der Waals surface area contributed by atoms with Gasteiger partial charge in [0.15, 0.2) is 6.10 Å². The van der Waals surface area contributed by atoms with Gasteiger partial charge in [-0.05, 0) is 12.3 Å². The van der Waals surface area contributed by atoms with Crippen LogP contribution in [0.25, 0.3) is 0 Å². The molecule has 24 heavy (non-hydrogen) atoms. The van der Waals surface area contributed by atoms with Gasteiger partial charge in [-0.25, -0.2) is 9.36 Å². The number of carbonyl (C=O) groups excluding carboxylic acids is 1. The molecule has 1 rings (SSSR count). The predicted molar refractivity (Wildman–Crippen MR) is 94.4 cm³/mol. The first-order valence-electron chi connectivity index (χ1n) is 6.38. The minimum atomic E-state index is -4.54. The highest BCUT2D eigenvalue weighted by molar-refractivity contribution is 7.49. The van der Waals surface area contributed by atoms with E-state index in [-0.39, 0.29) is 5.92 Å². The summed E-state index contributed by atoms with van der Waals surface area (Å²) in [4.78, 5) is 12.1. The van der Waals surface area contributed by atoms with Crippen LogP contribution in [0.3, 0.4) is 0 Å². The highest BCUT2D eigenvalue weighted by Gasteiger charge is 2.43. The van der Waals surface area contributed by atoms with Crippen molar-refractivity contribution < 1.29 is 27.7 Å². The smallest absolute Gasteiger partial charge is 0.373 e. The van der Waals surface area contributed by atoms with Crippen LogP contribution in [0, 0.1) is 5.92 Å². The van der Waals surface area contributed by atoms with Crippen LogP contribution in [0.4, 0.5) is 0 Å². The third-order valence-electron chi connectivity index (χ3n) is 2.65. The van der Waals surface area contributed by atoms with Crippen LogP contribution in [-0.2, 0) is 27.7 Å². The minimum absolute atomic E-state index is 0.276. The molecule has 0 aromatic rings. The SMILES string of the molecule is [B][C@H]1C[C@@H](C)[C@@H](C(=O)OP(=O)(OCC(Cl)(Cl)Cl)OCC(Cl)(Cl)Cl)O1. The lowest BCUT2D eigenvalue weighted by Gasteiger charge is -2.23. The molecule has 1 aliphatic rings. The number of halogens is 6. The molecule has 138 valence electrons. The summed E-state index contributed by atoms with van der Waals surface area (Å²) < 4.78 is 28.2. The normalized spacial score (nSPS) is 25.7. The molecule has 1 saturated heterocycles. The third-order valence-corrected chi connectivity index (χ3v) is 4.60. The number of rotatable bonds is 6. The summed E-state index contributed by atoms with van der Waals surface area (Å²) in [6, 6.07) is -0.652. The predicted octanol–water partition coefficient (Wildman–Crippen LogP) is 4.33. The van der Waals surface area contributed by atoms with Gasteiger partial charge in [0.1, 0.15) is 21.1 Å². The van der Waals surface area contributed by atoms with Crippen LogP contribution in [0.5, 0.6) is 0 Å². The molecule has 0 spiro atoms. The molecule has 0 aromatic carbocycles. The van der Waals surface area contributed by atoms with Crippen LogP contribution < -0.4 is 0 Å². The number of alkyl halides is 6. The first-order valence-corrected chi connectivity index (χ1v) is 10.1. The number of carbonyl (C=O) groups is 1. The van der Waals surface area contributed by atoms with Gasteiger partial charge < -0.3 is 9.26 Å². The molecule has 0 bridgehead atoms. The van der Waals surface area contributed by atoms with Crippen molar-refractivity contribution in [2.45, 2.75) is 33.0 Å². The summed E-state index contributed by atoms with van der Waals surface area (Å²) in [6.45, 7) is 0.291. The summed E-state index contributed by atoms with van der Waals surface area (Å²) in [6.07, 6.45) is -0.644. The number of hydrogen-bond donors (Lipinski definition) is 0. The first kappa shape index (κ1) is 23.4. The highest BCUT2D eigenvalue weighted by Crippen LogP contribution is 2.53. The second-order valence-electron chi connectivity index (χ2n) is 4.94. The standard InChI is InChI=1S/C10H12BCl6O6P/c1-5-2-6(11)22-7(5)8(18)23-24(19,20-3-9(12,13)14)21-4-10(15,16)17/h5-7H,2-4H2,1H3/t5-,6-,7+/m1/s1. The number of phosphoric acid groups is 1. The van der Waals surface area contributed by atoms with Crippen molar-refractivity contribution in [3.63, 3.8) is 0 Å². The number of phosphoric ester groups is 1. The second-order valence-corrected chi connectivity index (χ2v) is 11.6. The van der Waals surface area contributed by atoms with Gasteiger partial charge in [0.25, 0.3) is 0 Å². The zero-order valence-electron chi connectivity index (χ0n) is 12.1. The summed E-state index contributed by atoms with van der Waals surface area (Å²) >= 11 is 33.0. The second kappa shape index (κ2) is 9.05. The Balaban J connectivity index is 2.80. The molecule has 0 aliphatic carbocycles. The quantitative estimate of drug-likeness (QED) is 0.319. The number of ether oxygens (including phenoxy) is 1. The average Bonchev–Trinajstić information content (AvgIpc) is 2.72. The van der Waals surface area contributed by atoms with Gasteiger partial charge in [-0.3, -0.25) is 9.05 Å². The maximum atomic E-state index is 12.5. The van der Waals surface area contributed by atoms with E-state index < -0.39 is 46.7 Å². The Morgan fingerprint density at radius 3 is 1.96 bits per heavy atom. The van der Waals surface area contributed by atoms with Crippen LogP contribution in [0.1, 0.15) is 13.3 Å². The summed E-state index contributed by atoms with van der Waals surface area (Å²) in [7, 11) is 1.04. The fraction of sp³-hybridized carbons (Fsp3) is 0.900. The van der Waals surface area contributed by atoms with Gasteiger partial charge in [-0.2, -0.15) is 0 Å². The lowest BCUT2D eigenvalue weighted by Crippen LogP contribution is -2.28. The minimum Gasteiger partial charge on any atom is -0.373 e. The monoisotopic (exact) mass is 480 g/mol. The third kappa shape index (κ3) is 8.85. The van der Waals surface area contributed by atoms with Crippen molar-refractivity contribution in [2.24, 2.45) is 5.92 Å². The molecule has 0 amide bonds. The maximum absolute atomic E-state index is 12.5. The Hall–Kier alpha value is 1.38. The fourth-order valence-corrected chi connectivity index (χ4v) is 3.70. The molecule has 14 heteroatoms. The Bertz CT molecular complexity index is 475. The van der Waals surface area contributed by atoms with Gasteiger partial charge in [0.2, 0.25) is 7.59 Å². The van der Waals surface area contributed by atoms with Gasteiger partial charge in [-0.15, -0.1) is 0 Å². The van der Waals surface area contributed by atoms with E-state index in [4.69, 9.17) is 95.8 Å². The van der Waals surface area contributed by atoms with Crippen molar-refractivity contribution in [1.29, 1.82) is 0 Å². The molecular formula is C10H12BCl6O6P. The van der Waals surface area contributed by atoms with E-state index in [1.807, 2.05) is 0 Å². The zero-order chi connectivity index (χ0) is 18.8. The van der Waals surface area contributed by atoms with Crippen molar-refractivity contribution in [3.05, 3.63) is 0 Å². The van der Waals surface area contributed by atoms with E-state index in [1.165, 1.54) is 0 Å². The molecule has 0 N–H and O–H groups in total. The van der Waals surface area contributed by atoms with E-state index in [9.17, 15) is 9.36 Å². The van der Waals surface area contributed by atoms with Crippen LogP contribution >= 0.6 is 77.4 Å². The molecule has 1 fully saturated rings. The molecule has 0 aromatic heterocycles. The molecule has 0 unspecified atom stereocenters. The Morgan fingerprint density at radius 2 is 1.62 bits per heavy atom. The lowest BCUT2D eigenvalue weighted by molar-refractivity contribution is -0.148. The van der Waals surface area contributed by atoms with Crippen LogP contribution in [0.15, 0.2) is 0 Å². The molecule has 3 atom stereocenters. The Morgan fingerprint density at radius 1 is 1.17 bits per heavy atom. The highest BCUT2D eigenvalue weighted by atomic mass is 35.6. The van der Waals surface area contributed by atoms with Crippen molar-refractivity contribution in [1.82, 2.24) is 0 Å². The average molecular weight is 483 g/mol.